The van der Waals surface area contributed by atoms with Crippen LogP contribution in [0.1, 0.15) is 29.9 Å². The van der Waals surface area contributed by atoms with Crippen molar-refractivity contribution in [2.24, 2.45) is 7.05 Å². The van der Waals surface area contributed by atoms with Crippen molar-refractivity contribution in [2.75, 3.05) is 18.1 Å². The number of aromatic nitrogens is 2. The maximum atomic E-state index is 13.4. The molecule has 2 aromatic carbocycles. The number of fused-ring (bicyclic) bond motifs is 3. The molecule has 0 spiro atoms. The molecule has 1 aliphatic heterocycles. The fraction of sp³-hybridized carbons (Fsp3) is 0.273. The molecule has 3 aromatic rings. The molecule has 0 aliphatic carbocycles. The van der Waals surface area contributed by atoms with Gasteiger partial charge in [0.2, 0.25) is 0 Å². The molecule has 0 bridgehead atoms. The maximum absolute atomic E-state index is 13.4. The van der Waals surface area contributed by atoms with Gasteiger partial charge < -0.3 is 9.64 Å². The summed E-state index contributed by atoms with van der Waals surface area (Å²) in [7, 11) is 1.91. The summed E-state index contributed by atoms with van der Waals surface area (Å²) in [6, 6.07) is 15.9. The summed E-state index contributed by atoms with van der Waals surface area (Å²) in [5.41, 5.74) is 4.59. The molecular formula is C22H23N3O2S. The van der Waals surface area contributed by atoms with Crippen LogP contribution in [0.5, 0.6) is 5.75 Å². The van der Waals surface area contributed by atoms with Gasteiger partial charge in [0.05, 0.1) is 12.3 Å². The summed E-state index contributed by atoms with van der Waals surface area (Å²) in [5, 5.41) is 4.62. The van der Waals surface area contributed by atoms with Gasteiger partial charge in [0.15, 0.2) is 5.69 Å². The predicted molar refractivity (Wildman–Crippen MR) is 113 cm³/mol. The fourth-order valence-corrected chi connectivity index (χ4v) is 4.68. The van der Waals surface area contributed by atoms with Crippen LogP contribution in [0.2, 0.25) is 0 Å². The SMILES string of the molecule is CCOc1ccc(N(CC)C(=O)c2nn(C)c3c2CSc2ccccc2-3)cc1. The van der Waals surface area contributed by atoms with E-state index in [2.05, 4.69) is 17.2 Å². The molecule has 6 heteroatoms. The van der Waals surface area contributed by atoms with Crippen molar-refractivity contribution in [1.82, 2.24) is 9.78 Å². The summed E-state index contributed by atoms with van der Waals surface area (Å²) >= 11 is 1.76. The van der Waals surface area contributed by atoms with Gasteiger partial charge in [-0.05, 0) is 44.2 Å². The number of benzene rings is 2. The van der Waals surface area contributed by atoms with Crippen LogP contribution < -0.4 is 9.64 Å². The summed E-state index contributed by atoms with van der Waals surface area (Å²) in [5.74, 6) is 1.49. The molecule has 1 amide bonds. The van der Waals surface area contributed by atoms with E-state index in [0.29, 0.717) is 18.8 Å². The van der Waals surface area contributed by atoms with Gasteiger partial charge in [-0.1, -0.05) is 18.2 Å². The topological polar surface area (TPSA) is 47.4 Å². The summed E-state index contributed by atoms with van der Waals surface area (Å²) in [6.45, 7) is 5.13. The number of rotatable bonds is 5. The lowest BCUT2D eigenvalue weighted by atomic mass is 10.1. The third kappa shape index (κ3) is 3.18. The van der Waals surface area contributed by atoms with E-state index in [9.17, 15) is 4.79 Å². The Hall–Kier alpha value is -2.73. The Bertz CT molecular complexity index is 1010. The molecule has 1 aromatic heterocycles. The Morgan fingerprint density at radius 1 is 1.18 bits per heavy atom. The van der Waals surface area contributed by atoms with E-state index in [1.165, 1.54) is 4.90 Å². The first-order valence-electron chi connectivity index (χ1n) is 9.46. The van der Waals surface area contributed by atoms with Crippen LogP contribution in [0.25, 0.3) is 11.3 Å². The monoisotopic (exact) mass is 393 g/mol. The van der Waals surface area contributed by atoms with Gasteiger partial charge in [-0.2, -0.15) is 5.10 Å². The van der Waals surface area contributed by atoms with E-state index in [-0.39, 0.29) is 5.91 Å². The van der Waals surface area contributed by atoms with E-state index in [0.717, 1.165) is 34.0 Å². The first-order chi connectivity index (χ1) is 13.6. The zero-order valence-corrected chi connectivity index (χ0v) is 17.1. The molecular weight excluding hydrogens is 370 g/mol. The van der Waals surface area contributed by atoms with Crippen molar-refractivity contribution in [3.05, 3.63) is 59.8 Å². The Kier molecular flexibility index (Phi) is 5.13. The minimum absolute atomic E-state index is 0.0662. The average Bonchev–Trinajstić information content (AvgIpc) is 3.07. The molecule has 5 nitrogen and oxygen atoms in total. The fourth-order valence-electron chi connectivity index (χ4n) is 3.61. The Balaban J connectivity index is 1.70. The predicted octanol–water partition coefficient (Wildman–Crippen LogP) is 4.76. The highest BCUT2D eigenvalue weighted by Crippen LogP contribution is 2.42. The number of amides is 1. The second kappa shape index (κ2) is 7.72. The zero-order chi connectivity index (χ0) is 19.7. The molecule has 0 atom stereocenters. The minimum atomic E-state index is -0.0662. The third-order valence-electron chi connectivity index (χ3n) is 4.88. The largest absolute Gasteiger partial charge is 0.494 e. The van der Waals surface area contributed by atoms with E-state index in [1.807, 2.05) is 62.0 Å². The van der Waals surface area contributed by atoms with Crippen LogP contribution in [0.4, 0.5) is 5.69 Å². The average molecular weight is 394 g/mol. The highest BCUT2D eigenvalue weighted by Gasteiger charge is 2.30. The molecule has 0 N–H and O–H groups in total. The maximum Gasteiger partial charge on any atom is 0.279 e. The molecule has 0 fully saturated rings. The van der Waals surface area contributed by atoms with Crippen LogP contribution in [0, 0.1) is 0 Å². The van der Waals surface area contributed by atoms with Crippen LogP contribution in [-0.4, -0.2) is 28.8 Å². The lowest BCUT2D eigenvalue weighted by Crippen LogP contribution is -2.31. The van der Waals surface area contributed by atoms with Gasteiger partial charge in [-0.25, -0.2) is 0 Å². The summed E-state index contributed by atoms with van der Waals surface area (Å²) < 4.78 is 7.35. The number of carbonyl (C=O) groups excluding carboxylic acids is 1. The first kappa shape index (κ1) is 18.6. The Morgan fingerprint density at radius 2 is 1.93 bits per heavy atom. The molecule has 144 valence electrons. The lowest BCUT2D eigenvalue weighted by Gasteiger charge is -2.22. The van der Waals surface area contributed by atoms with Gasteiger partial charge in [0.1, 0.15) is 5.75 Å². The van der Waals surface area contributed by atoms with Crippen LogP contribution in [0.3, 0.4) is 0 Å². The second-order valence-electron chi connectivity index (χ2n) is 6.56. The highest BCUT2D eigenvalue weighted by atomic mass is 32.2. The van der Waals surface area contributed by atoms with E-state index >= 15 is 0 Å². The van der Waals surface area contributed by atoms with Crippen LogP contribution in [-0.2, 0) is 12.8 Å². The van der Waals surface area contributed by atoms with E-state index in [4.69, 9.17) is 4.74 Å². The standard InChI is InChI=1S/C22H23N3O2S/c1-4-25(15-10-12-16(13-11-15)27-5-2)22(26)20-18-14-28-19-9-7-6-8-17(19)21(18)24(3)23-20/h6-13H,4-5,14H2,1-3H3. The first-order valence-corrected chi connectivity index (χ1v) is 10.4. The Labute approximate surface area is 169 Å². The lowest BCUT2D eigenvalue weighted by molar-refractivity contribution is 0.0982. The van der Waals surface area contributed by atoms with Gasteiger partial charge in [-0.3, -0.25) is 9.48 Å². The summed E-state index contributed by atoms with van der Waals surface area (Å²) in [4.78, 5) is 16.4. The van der Waals surface area contributed by atoms with Crippen molar-refractivity contribution < 1.29 is 9.53 Å². The quantitative estimate of drug-likeness (QED) is 0.627. The molecule has 1 aliphatic rings. The third-order valence-corrected chi connectivity index (χ3v) is 5.98. The number of hydrogen-bond donors (Lipinski definition) is 0. The smallest absolute Gasteiger partial charge is 0.279 e. The molecule has 0 radical (unpaired) electrons. The molecule has 28 heavy (non-hydrogen) atoms. The Morgan fingerprint density at radius 3 is 2.64 bits per heavy atom. The number of aryl methyl sites for hydroxylation is 1. The number of ether oxygens (including phenoxy) is 1. The van der Waals surface area contributed by atoms with Crippen molar-refractivity contribution in [3.8, 4) is 17.0 Å². The number of hydrogen-bond acceptors (Lipinski definition) is 4. The highest BCUT2D eigenvalue weighted by molar-refractivity contribution is 7.98. The van der Waals surface area contributed by atoms with Crippen molar-refractivity contribution in [1.29, 1.82) is 0 Å². The number of carbonyl (C=O) groups is 1. The van der Waals surface area contributed by atoms with Crippen LogP contribution in [0.15, 0.2) is 53.4 Å². The van der Waals surface area contributed by atoms with Gasteiger partial charge >= 0.3 is 0 Å². The number of thioether (sulfide) groups is 1. The van der Waals surface area contributed by atoms with Gasteiger partial charge in [0.25, 0.3) is 5.91 Å². The van der Waals surface area contributed by atoms with Crippen LogP contribution >= 0.6 is 11.8 Å². The van der Waals surface area contributed by atoms with E-state index < -0.39 is 0 Å². The second-order valence-corrected chi connectivity index (χ2v) is 7.58. The van der Waals surface area contributed by atoms with Crippen molar-refractivity contribution in [3.63, 3.8) is 0 Å². The normalized spacial score (nSPS) is 12.2. The minimum Gasteiger partial charge on any atom is -0.494 e. The molecule has 0 saturated carbocycles. The van der Waals surface area contributed by atoms with Gasteiger partial charge in [-0.15, -0.1) is 11.8 Å². The number of nitrogens with zero attached hydrogens (tertiary/aromatic N) is 3. The molecule has 2 heterocycles. The van der Waals surface area contributed by atoms with Crippen molar-refractivity contribution in [2.45, 2.75) is 24.5 Å². The van der Waals surface area contributed by atoms with Crippen molar-refractivity contribution >= 4 is 23.4 Å². The molecule has 0 unspecified atom stereocenters. The summed E-state index contributed by atoms with van der Waals surface area (Å²) in [6.07, 6.45) is 0. The molecule has 0 saturated heterocycles. The molecule has 4 rings (SSSR count). The zero-order valence-electron chi connectivity index (χ0n) is 16.3. The van der Waals surface area contributed by atoms with Gasteiger partial charge in [0, 0.05) is 41.1 Å². The van der Waals surface area contributed by atoms with E-state index in [1.54, 1.807) is 16.7 Å². The number of anilines is 1.